The molecule has 0 spiro atoms. The van der Waals surface area contributed by atoms with E-state index >= 15 is 0 Å². The minimum absolute atomic E-state index is 0.343. The van der Waals surface area contributed by atoms with Crippen molar-refractivity contribution in [2.75, 3.05) is 26.3 Å². The van der Waals surface area contributed by atoms with Crippen molar-refractivity contribution in [2.45, 2.75) is 26.4 Å². The van der Waals surface area contributed by atoms with Crippen LogP contribution in [0.15, 0.2) is 0 Å². The second kappa shape index (κ2) is 3.71. The molecule has 0 bridgehead atoms. The lowest BCUT2D eigenvalue weighted by atomic mass is 9.93. The van der Waals surface area contributed by atoms with E-state index in [1.165, 1.54) is 0 Å². The van der Waals surface area contributed by atoms with Crippen molar-refractivity contribution >= 4 is 0 Å². The van der Waals surface area contributed by atoms with Gasteiger partial charge in [0, 0.05) is 13.1 Å². The van der Waals surface area contributed by atoms with Crippen molar-refractivity contribution in [3.63, 3.8) is 0 Å². The monoisotopic (exact) mass is 175 g/mol. The van der Waals surface area contributed by atoms with Crippen LogP contribution in [0, 0.1) is 5.41 Å². The number of halogens is 1. The number of rotatable bonds is 3. The first-order valence-corrected chi connectivity index (χ1v) is 4.50. The number of nitrogens with zero attached hydrogens (tertiary/aromatic N) is 1. The Kier molecular flexibility index (Phi) is 3.07. The Labute approximate surface area is 73.4 Å². The average molecular weight is 175 g/mol. The van der Waals surface area contributed by atoms with Crippen LogP contribution in [-0.4, -0.2) is 42.4 Å². The lowest BCUT2D eigenvalue weighted by Gasteiger charge is -2.20. The predicted molar refractivity (Wildman–Crippen MR) is 46.8 cm³/mol. The van der Waals surface area contributed by atoms with Gasteiger partial charge in [0.1, 0.15) is 6.67 Å². The van der Waals surface area contributed by atoms with Crippen LogP contribution in [0.4, 0.5) is 4.39 Å². The van der Waals surface area contributed by atoms with Crippen molar-refractivity contribution in [1.82, 2.24) is 4.90 Å². The summed E-state index contributed by atoms with van der Waals surface area (Å²) in [6, 6.07) is 0. The fourth-order valence-corrected chi connectivity index (χ4v) is 1.73. The van der Waals surface area contributed by atoms with Crippen LogP contribution < -0.4 is 0 Å². The summed E-state index contributed by atoms with van der Waals surface area (Å²) in [5, 5.41) is 9.07. The summed E-state index contributed by atoms with van der Waals surface area (Å²) in [5.74, 6) is 0. The molecule has 0 radical (unpaired) electrons. The number of likely N-dealkylation sites (tertiary alicyclic amines) is 1. The zero-order chi connectivity index (χ0) is 9.19. The molecule has 1 N–H and O–H groups in total. The minimum Gasteiger partial charge on any atom is -0.389 e. The van der Waals surface area contributed by atoms with Crippen LogP contribution >= 0.6 is 0 Å². The minimum atomic E-state index is -0.793. The van der Waals surface area contributed by atoms with Crippen LogP contribution in [0.3, 0.4) is 0 Å². The molecule has 1 heterocycles. The lowest BCUT2D eigenvalue weighted by Crippen LogP contribution is -2.32. The van der Waals surface area contributed by atoms with Crippen molar-refractivity contribution in [1.29, 1.82) is 0 Å². The molecular formula is C9H18FNO. The third kappa shape index (κ3) is 2.72. The van der Waals surface area contributed by atoms with Crippen molar-refractivity contribution < 1.29 is 9.50 Å². The van der Waals surface area contributed by atoms with Crippen molar-refractivity contribution in [3.8, 4) is 0 Å². The summed E-state index contributed by atoms with van der Waals surface area (Å²) >= 11 is 0. The van der Waals surface area contributed by atoms with Gasteiger partial charge in [-0.15, -0.1) is 0 Å². The second-order valence-corrected chi connectivity index (χ2v) is 4.46. The van der Waals surface area contributed by atoms with E-state index in [4.69, 9.17) is 5.11 Å². The Morgan fingerprint density at radius 3 is 2.67 bits per heavy atom. The van der Waals surface area contributed by atoms with E-state index in [0.717, 1.165) is 19.5 Å². The maximum absolute atomic E-state index is 12.0. The molecule has 0 aromatic heterocycles. The molecule has 1 fully saturated rings. The predicted octanol–water partition coefficient (Wildman–Crippen LogP) is 1.05. The molecule has 1 aliphatic heterocycles. The van der Waals surface area contributed by atoms with Gasteiger partial charge in [-0.05, 0) is 18.4 Å². The summed E-state index contributed by atoms with van der Waals surface area (Å²) < 4.78 is 12.0. The Morgan fingerprint density at radius 1 is 1.58 bits per heavy atom. The molecule has 0 aromatic rings. The molecule has 0 aliphatic carbocycles. The smallest absolute Gasteiger partial charge is 0.117 e. The molecule has 2 nitrogen and oxygen atoms in total. The molecule has 12 heavy (non-hydrogen) atoms. The van der Waals surface area contributed by atoms with Gasteiger partial charge in [-0.2, -0.15) is 0 Å². The van der Waals surface area contributed by atoms with Gasteiger partial charge in [-0.3, -0.25) is 0 Å². The summed E-state index contributed by atoms with van der Waals surface area (Å²) in [7, 11) is 0. The Morgan fingerprint density at radius 2 is 2.25 bits per heavy atom. The van der Waals surface area contributed by atoms with Gasteiger partial charge in [-0.25, -0.2) is 4.39 Å². The van der Waals surface area contributed by atoms with Gasteiger partial charge < -0.3 is 10.0 Å². The molecule has 1 aliphatic rings. The van der Waals surface area contributed by atoms with Crippen LogP contribution in [0.5, 0.6) is 0 Å². The van der Waals surface area contributed by atoms with E-state index in [2.05, 4.69) is 18.7 Å². The van der Waals surface area contributed by atoms with E-state index in [-0.39, 0.29) is 0 Å². The largest absolute Gasteiger partial charge is 0.389 e. The molecule has 3 heteroatoms. The van der Waals surface area contributed by atoms with E-state index < -0.39 is 12.8 Å². The maximum Gasteiger partial charge on any atom is 0.117 e. The van der Waals surface area contributed by atoms with Crippen LogP contribution in [0.1, 0.15) is 20.3 Å². The van der Waals surface area contributed by atoms with E-state index in [1.807, 2.05) is 0 Å². The first kappa shape index (κ1) is 9.93. The Hall–Kier alpha value is -0.150. The van der Waals surface area contributed by atoms with Gasteiger partial charge in [-0.1, -0.05) is 13.8 Å². The lowest BCUT2D eigenvalue weighted by molar-refractivity contribution is 0.0957. The number of aliphatic hydroxyl groups excluding tert-OH is 1. The zero-order valence-electron chi connectivity index (χ0n) is 7.89. The number of β-amino-alcohol motifs (C(OH)–C–C–N with tert-alkyl or cyclic N) is 1. The first-order valence-electron chi connectivity index (χ1n) is 4.50. The summed E-state index contributed by atoms with van der Waals surface area (Å²) in [6.45, 7) is 6.23. The van der Waals surface area contributed by atoms with Gasteiger partial charge in [0.25, 0.3) is 0 Å². The highest BCUT2D eigenvalue weighted by molar-refractivity contribution is 4.83. The quantitative estimate of drug-likeness (QED) is 0.693. The number of hydrogen-bond donors (Lipinski definition) is 1. The number of hydrogen-bond acceptors (Lipinski definition) is 2. The third-order valence-corrected chi connectivity index (χ3v) is 2.40. The van der Waals surface area contributed by atoms with Gasteiger partial charge in [0.2, 0.25) is 0 Å². The van der Waals surface area contributed by atoms with Gasteiger partial charge >= 0.3 is 0 Å². The van der Waals surface area contributed by atoms with Crippen LogP contribution in [0.25, 0.3) is 0 Å². The highest BCUT2D eigenvalue weighted by Crippen LogP contribution is 2.28. The number of aliphatic hydroxyl groups is 1. The van der Waals surface area contributed by atoms with Crippen molar-refractivity contribution in [3.05, 3.63) is 0 Å². The van der Waals surface area contributed by atoms with Gasteiger partial charge in [0.05, 0.1) is 6.10 Å². The second-order valence-electron chi connectivity index (χ2n) is 4.46. The molecule has 1 atom stereocenters. The fraction of sp³-hybridized carbons (Fsp3) is 1.00. The normalized spacial score (nSPS) is 26.0. The number of alkyl halides is 1. The summed E-state index contributed by atoms with van der Waals surface area (Å²) in [6.07, 6.45) is 0.352. The SMILES string of the molecule is CC1(C)CCN(CC(O)CF)C1. The average Bonchev–Trinajstić information content (AvgIpc) is 2.30. The van der Waals surface area contributed by atoms with Crippen molar-refractivity contribution in [2.24, 2.45) is 5.41 Å². The highest BCUT2D eigenvalue weighted by atomic mass is 19.1. The molecular weight excluding hydrogens is 157 g/mol. The van der Waals surface area contributed by atoms with Gasteiger partial charge in [0.15, 0.2) is 0 Å². The molecule has 0 amide bonds. The van der Waals surface area contributed by atoms with E-state index in [9.17, 15) is 4.39 Å². The molecule has 1 unspecified atom stereocenters. The topological polar surface area (TPSA) is 23.5 Å². The van der Waals surface area contributed by atoms with E-state index in [0.29, 0.717) is 12.0 Å². The third-order valence-electron chi connectivity index (χ3n) is 2.40. The zero-order valence-corrected chi connectivity index (χ0v) is 7.89. The van der Waals surface area contributed by atoms with Crippen LogP contribution in [0.2, 0.25) is 0 Å². The molecule has 0 aromatic carbocycles. The first-order chi connectivity index (χ1) is 5.53. The molecule has 0 saturated carbocycles. The Bertz CT molecular complexity index is 149. The summed E-state index contributed by atoms with van der Waals surface area (Å²) in [5.41, 5.74) is 0.343. The molecule has 72 valence electrons. The Balaban J connectivity index is 2.28. The maximum atomic E-state index is 12.0. The molecule has 1 rings (SSSR count). The fourth-order valence-electron chi connectivity index (χ4n) is 1.73. The van der Waals surface area contributed by atoms with E-state index in [1.54, 1.807) is 0 Å². The molecule has 1 saturated heterocycles. The highest BCUT2D eigenvalue weighted by Gasteiger charge is 2.29. The summed E-state index contributed by atoms with van der Waals surface area (Å²) in [4.78, 5) is 2.13. The standard InChI is InChI=1S/C9H18FNO/c1-9(2)3-4-11(7-9)6-8(12)5-10/h8,12H,3-7H2,1-2H3. The van der Waals surface area contributed by atoms with Crippen LogP contribution in [-0.2, 0) is 0 Å².